The molecule has 8 nitrogen and oxygen atoms in total. The highest BCUT2D eigenvalue weighted by Gasteiger charge is 2.25. The van der Waals surface area contributed by atoms with Gasteiger partial charge in [0.05, 0.1) is 24.4 Å². The molecule has 176 valence electrons. The number of carbonyl (C=O) groups is 1. The number of rotatable bonds is 1. The minimum Gasteiger partial charge on any atom is -0.371 e. The number of fused-ring (bicyclic) bond motifs is 6. The number of hydrogen-bond acceptors (Lipinski definition) is 8. The smallest absolute Gasteiger partial charge is 0.258 e. The van der Waals surface area contributed by atoms with E-state index in [9.17, 15) is 4.79 Å². The zero-order chi connectivity index (χ0) is 22.6. The van der Waals surface area contributed by atoms with Crippen LogP contribution in [0.4, 0.5) is 23.1 Å². The monoisotopic (exact) mass is 468 g/mol. The summed E-state index contributed by atoms with van der Waals surface area (Å²) in [5, 5.41) is 6.35. The van der Waals surface area contributed by atoms with Crippen molar-refractivity contribution in [3.8, 4) is 0 Å². The van der Waals surface area contributed by atoms with Gasteiger partial charge in [0.15, 0.2) is 0 Å². The van der Waals surface area contributed by atoms with Crippen molar-refractivity contribution in [1.82, 2.24) is 9.97 Å². The summed E-state index contributed by atoms with van der Waals surface area (Å²) in [6, 6.07) is 8.01. The molecule has 4 bridgehead atoms. The maximum absolute atomic E-state index is 13.5. The van der Waals surface area contributed by atoms with E-state index in [2.05, 4.69) is 35.9 Å². The lowest BCUT2D eigenvalue weighted by Gasteiger charge is -2.36. The maximum Gasteiger partial charge on any atom is 0.258 e. The Kier molecular flexibility index (Phi) is 6.87. The van der Waals surface area contributed by atoms with Crippen LogP contribution < -0.4 is 19.8 Å². The summed E-state index contributed by atoms with van der Waals surface area (Å²) in [6.07, 6.45) is 5.89. The molecule has 5 rings (SSSR count). The Morgan fingerprint density at radius 3 is 2.91 bits per heavy atom. The van der Waals surface area contributed by atoms with Crippen LogP contribution in [0.3, 0.4) is 0 Å². The second-order valence-corrected chi connectivity index (χ2v) is 9.94. The van der Waals surface area contributed by atoms with E-state index in [1.807, 2.05) is 25.1 Å². The lowest BCUT2D eigenvalue weighted by Crippen LogP contribution is -2.37. The molecule has 0 aliphatic carbocycles. The number of benzene rings is 1. The maximum atomic E-state index is 13.5. The Hall–Kier alpha value is -2.52. The molecule has 4 heterocycles. The van der Waals surface area contributed by atoms with E-state index in [0.717, 1.165) is 62.7 Å². The van der Waals surface area contributed by atoms with Crippen LogP contribution in [0.5, 0.6) is 0 Å². The van der Waals surface area contributed by atoms with Gasteiger partial charge in [0.1, 0.15) is 11.8 Å². The van der Waals surface area contributed by atoms with Crippen LogP contribution >= 0.6 is 11.9 Å². The predicted molar refractivity (Wildman–Crippen MR) is 134 cm³/mol. The molecular weight excluding hydrogens is 436 g/mol. The van der Waals surface area contributed by atoms with Gasteiger partial charge in [0.25, 0.3) is 5.91 Å². The number of nitrogens with zero attached hydrogens (tertiary/aromatic N) is 4. The fourth-order valence-electron chi connectivity index (χ4n) is 4.88. The van der Waals surface area contributed by atoms with Crippen LogP contribution in [-0.2, 0) is 4.74 Å². The van der Waals surface area contributed by atoms with Crippen LogP contribution in [0.25, 0.3) is 0 Å². The first-order valence-corrected chi connectivity index (χ1v) is 12.9. The van der Waals surface area contributed by atoms with Gasteiger partial charge in [0.2, 0.25) is 5.95 Å². The van der Waals surface area contributed by atoms with Gasteiger partial charge >= 0.3 is 0 Å². The third-order valence-corrected chi connectivity index (χ3v) is 7.50. The Morgan fingerprint density at radius 2 is 2.03 bits per heavy atom. The normalized spacial score (nSPS) is 21.8. The van der Waals surface area contributed by atoms with Crippen molar-refractivity contribution in [1.29, 1.82) is 0 Å². The molecule has 2 N–H and O–H groups in total. The molecule has 1 unspecified atom stereocenters. The number of nitrogens with one attached hydrogen (secondary N) is 2. The molecule has 1 aromatic carbocycles. The van der Waals surface area contributed by atoms with Gasteiger partial charge in [0, 0.05) is 37.1 Å². The average molecular weight is 469 g/mol. The molecule has 33 heavy (non-hydrogen) atoms. The van der Waals surface area contributed by atoms with E-state index in [1.54, 1.807) is 11.9 Å². The number of aryl methyl sites for hydroxylation is 1. The number of carbonyl (C=O) groups excluding carboxylic acids is 1. The molecule has 2 fully saturated rings. The van der Waals surface area contributed by atoms with Crippen molar-refractivity contribution >= 4 is 41.0 Å². The second-order valence-electron chi connectivity index (χ2n) is 9.01. The highest BCUT2D eigenvalue weighted by molar-refractivity contribution is 8.00. The second kappa shape index (κ2) is 10.2. The zero-order valence-corrected chi connectivity index (χ0v) is 20.0. The Balaban J connectivity index is 1.51. The van der Waals surface area contributed by atoms with Gasteiger partial charge in [-0.3, -0.25) is 4.79 Å². The fraction of sp³-hybridized carbons (Fsp3) is 0.542. The topological polar surface area (TPSA) is 82.6 Å². The van der Waals surface area contributed by atoms with Crippen LogP contribution in [-0.4, -0.2) is 54.6 Å². The van der Waals surface area contributed by atoms with Crippen LogP contribution in [0.2, 0.25) is 0 Å². The molecule has 0 spiro atoms. The molecule has 2 aromatic rings. The van der Waals surface area contributed by atoms with Gasteiger partial charge in [-0.05, 0) is 68.7 Å². The summed E-state index contributed by atoms with van der Waals surface area (Å²) in [7, 11) is 0. The van der Waals surface area contributed by atoms with Crippen molar-refractivity contribution in [2.24, 2.45) is 5.92 Å². The number of hydrogen-bond donors (Lipinski definition) is 2. The minimum atomic E-state index is -0.132. The van der Waals surface area contributed by atoms with Crippen LogP contribution in [0.15, 0.2) is 24.3 Å². The van der Waals surface area contributed by atoms with E-state index < -0.39 is 0 Å². The van der Waals surface area contributed by atoms with Crippen LogP contribution in [0.1, 0.15) is 48.2 Å². The number of piperidine rings is 1. The lowest BCUT2D eigenvalue weighted by molar-refractivity contribution is 0.102. The Morgan fingerprint density at radius 1 is 1.12 bits per heavy atom. The molecule has 3 aliphatic heterocycles. The van der Waals surface area contributed by atoms with Crippen molar-refractivity contribution in [3.63, 3.8) is 0 Å². The van der Waals surface area contributed by atoms with E-state index in [1.165, 1.54) is 19.3 Å². The molecule has 0 radical (unpaired) electrons. The third-order valence-electron chi connectivity index (χ3n) is 6.52. The quantitative estimate of drug-likeness (QED) is 0.600. The first-order chi connectivity index (χ1) is 16.2. The standard InChI is InChI=1S/C24H32N6O2S/c1-17-13-22-27-23(31)20-8-7-19(30-11-12-32-16-33-30)14-21(20)29-10-4-6-18(15-29)5-2-3-9-25-24(26-17)28-22/h7-8,13-14,18H,2-6,9-12,15-16H2,1H3,(H2,25,26,27,28,31). The molecule has 1 atom stereocenters. The number of ether oxygens (including phenoxy) is 1. The van der Waals surface area contributed by atoms with Gasteiger partial charge in [-0.15, -0.1) is 0 Å². The largest absolute Gasteiger partial charge is 0.371 e. The number of anilines is 4. The molecule has 1 amide bonds. The number of amides is 1. The summed E-state index contributed by atoms with van der Waals surface area (Å²) in [6.45, 7) is 6.31. The van der Waals surface area contributed by atoms with E-state index in [-0.39, 0.29) is 5.91 Å². The molecular formula is C24H32N6O2S. The first kappa shape index (κ1) is 22.3. The number of aromatic nitrogens is 2. The van der Waals surface area contributed by atoms with E-state index in [4.69, 9.17) is 4.74 Å². The molecule has 3 aliphatic rings. The van der Waals surface area contributed by atoms with Crippen molar-refractivity contribution in [2.45, 2.75) is 39.0 Å². The summed E-state index contributed by atoms with van der Waals surface area (Å²) in [5.41, 5.74) is 3.66. The predicted octanol–water partition coefficient (Wildman–Crippen LogP) is 4.29. The van der Waals surface area contributed by atoms with E-state index >= 15 is 0 Å². The van der Waals surface area contributed by atoms with Crippen molar-refractivity contribution < 1.29 is 9.53 Å². The van der Waals surface area contributed by atoms with E-state index in [0.29, 0.717) is 29.2 Å². The zero-order valence-electron chi connectivity index (χ0n) is 19.2. The molecule has 9 heteroatoms. The van der Waals surface area contributed by atoms with Gasteiger partial charge in [-0.25, -0.2) is 4.98 Å². The SMILES string of the molecule is Cc1cc2nc(n1)NCCCCC1CCCN(C1)c1cc(N3CCOCS3)ccc1C(=O)N2. The Bertz CT molecular complexity index is 997. The molecule has 2 saturated heterocycles. The summed E-state index contributed by atoms with van der Waals surface area (Å²) < 4.78 is 7.77. The highest BCUT2D eigenvalue weighted by atomic mass is 32.2. The van der Waals surface area contributed by atoms with Crippen molar-refractivity contribution in [3.05, 3.63) is 35.5 Å². The van der Waals surface area contributed by atoms with Crippen LogP contribution in [0, 0.1) is 12.8 Å². The van der Waals surface area contributed by atoms with Gasteiger partial charge in [-0.1, -0.05) is 6.42 Å². The average Bonchev–Trinajstić information content (AvgIpc) is 2.83. The third kappa shape index (κ3) is 5.35. The Labute approximate surface area is 199 Å². The van der Waals surface area contributed by atoms with Gasteiger partial charge in [-0.2, -0.15) is 4.98 Å². The summed E-state index contributed by atoms with van der Waals surface area (Å²) in [5.74, 6) is 2.28. The first-order valence-electron chi connectivity index (χ1n) is 11.9. The molecule has 0 saturated carbocycles. The molecule has 1 aromatic heterocycles. The van der Waals surface area contributed by atoms with Crippen molar-refractivity contribution in [2.75, 3.05) is 58.6 Å². The minimum absolute atomic E-state index is 0.132. The lowest BCUT2D eigenvalue weighted by atomic mass is 9.92. The summed E-state index contributed by atoms with van der Waals surface area (Å²) >= 11 is 1.68. The highest BCUT2D eigenvalue weighted by Crippen LogP contribution is 2.35. The summed E-state index contributed by atoms with van der Waals surface area (Å²) in [4.78, 5) is 24.9. The fourth-order valence-corrected chi connectivity index (χ4v) is 5.66. The van der Waals surface area contributed by atoms with Gasteiger partial charge < -0.3 is 24.6 Å².